The predicted octanol–water partition coefficient (Wildman–Crippen LogP) is 14.9. The van der Waals surface area contributed by atoms with Crippen LogP contribution >= 0.6 is 0 Å². The minimum atomic E-state index is -0.919. The molecular weight excluding hydrogens is 713 g/mol. The number of halogens is 2. The molecule has 0 heterocycles. The summed E-state index contributed by atoms with van der Waals surface area (Å²) >= 11 is 0. The summed E-state index contributed by atoms with van der Waals surface area (Å²) < 4.78 is 31.0. The van der Waals surface area contributed by atoms with E-state index in [9.17, 15) is 0 Å². The van der Waals surface area contributed by atoms with Crippen molar-refractivity contribution in [3.8, 4) is 33.4 Å². The van der Waals surface area contributed by atoms with Gasteiger partial charge in [0, 0.05) is 16.9 Å². The average molecular weight is 746 g/mol. The lowest BCUT2D eigenvalue weighted by Crippen LogP contribution is -2.26. The van der Waals surface area contributed by atoms with Crippen LogP contribution in [0.15, 0.2) is 200 Å². The highest BCUT2D eigenvalue weighted by molar-refractivity contribution is 6.26. The highest BCUT2D eigenvalue weighted by atomic mass is 19.1. The van der Waals surface area contributed by atoms with Crippen molar-refractivity contribution in [3.05, 3.63) is 234 Å². The van der Waals surface area contributed by atoms with E-state index in [1.807, 2.05) is 24.3 Å². The molecule has 12 rings (SSSR count). The standard InChI is InChI=1S/C55H33F2N/c56-36-23-28-45-46-29-24-37(57)32-52(46)55(51(45)31-36)49-18-9-8-17-47(49)54-50(55)19-10-20-53(54)58(38-25-21-35(22-26-38)34-11-2-1-3-12-34)39-27-30-44-42-15-5-4-13-40(42)41-14-6-7-16-43(41)48(44)33-39/h1-33H. The highest BCUT2D eigenvalue weighted by Crippen LogP contribution is 2.65. The molecule has 1 nitrogen and oxygen atoms in total. The summed E-state index contributed by atoms with van der Waals surface area (Å²) in [5.41, 5.74) is 12.0. The summed E-state index contributed by atoms with van der Waals surface area (Å²) in [4.78, 5) is 2.36. The fraction of sp³-hybridized carbons (Fsp3) is 0.0182. The number of hydrogen-bond donors (Lipinski definition) is 0. The van der Waals surface area contributed by atoms with Gasteiger partial charge in [-0.05, 0) is 137 Å². The van der Waals surface area contributed by atoms with Crippen LogP contribution in [0.25, 0.3) is 65.7 Å². The maximum absolute atomic E-state index is 15.5. The molecule has 0 fully saturated rings. The van der Waals surface area contributed by atoms with E-state index in [1.54, 1.807) is 12.1 Å². The van der Waals surface area contributed by atoms with Crippen molar-refractivity contribution in [2.75, 3.05) is 4.90 Å². The molecule has 0 atom stereocenters. The Bertz CT molecular complexity index is 3230. The van der Waals surface area contributed by atoms with Crippen molar-refractivity contribution in [3.63, 3.8) is 0 Å². The van der Waals surface area contributed by atoms with Crippen LogP contribution in [-0.4, -0.2) is 0 Å². The van der Waals surface area contributed by atoms with Gasteiger partial charge in [-0.2, -0.15) is 0 Å². The van der Waals surface area contributed by atoms with E-state index in [-0.39, 0.29) is 11.6 Å². The zero-order valence-corrected chi connectivity index (χ0v) is 31.3. The number of anilines is 3. The number of hydrogen-bond acceptors (Lipinski definition) is 1. The predicted molar refractivity (Wildman–Crippen MR) is 235 cm³/mol. The van der Waals surface area contributed by atoms with Crippen molar-refractivity contribution < 1.29 is 8.78 Å². The fourth-order valence-electron chi connectivity index (χ4n) is 10.2. The molecule has 10 aromatic rings. The molecule has 1 spiro atoms. The highest BCUT2D eigenvalue weighted by Gasteiger charge is 2.53. The molecule has 272 valence electrons. The molecule has 10 aromatic carbocycles. The molecular formula is C55H33F2N. The summed E-state index contributed by atoms with van der Waals surface area (Å²) in [6, 6.07) is 68.3. The fourth-order valence-corrected chi connectivity index (χ4v) is 10.2. The first-order valence-corrected chi connectivity index (χ1v) is 19.7. The molecule has 0 saturated heterocycles. The molecule has 2 aliphatic rings. The third kappa shape index (κ3) is 4.50. The lowest BCUT2D eigenvalue weighted by Gasteiger charge is -2.32. The van der Waals surface area contributed by atoms with E-state index in [0.29, 0.717) is 0 Å². The first-order valence-electron chi connectivity index (χ1n) is 19.7. The molecule has 58 heavy (non-hydrogen) atoms. The van der Waals surface area contributed by atoms with Gasteiger partial charge >= 0.3 is 0 Å². The quantitative estimate of drug-likeness (QED) is 0.162. The first kappa shape index (κ1) is 32.8. The van der Waals surface area contributed by atoms with Crippen molar-refractivity contribution in [1.29, 1.82) is 0 Å². The second-order valence-corrected chi connectivity index (χ2v) is 15.4. The average Bonchev–Trinajstić information content (AvgIpc) is 3.74. The van der Waals surface area contributed by atoms with Gasteiger partial charge in [0.25, 0.3) is 0 Å². The van der Waals surface area contributed by atoms with Gasteiger partial charge in [-0.15, -0.1) is 0 Å². The van der Waals surface area contributed by atoms with E-state index in [4.69, 9.17) is 0 Å². The maximum atomic E-state index is 15.5. The Morgan fingerprint density at radius 3 is 1.50 bits per heavy atom. The topological polar surface area (TPSA) is 3.24 Å². The van der Waals surface area contributed by atoms with E-state index in [2.05, 4.69) is 157 Å². The van der Waals surface area contributed by atoms with Gasteiger partial charge in [-0.1, -0.05) is 146 Å². The van der Waals surface area contributed by atoms with Gasteiger partial charge in [-0.3, -0.25) is 0 Å². The Morgan fingerprint density at radius 1 is 0.328 bits per heavy atom. The van der Waals surface area contributed by atoms with E-state index >= 15 is 8.78 Å². The number of fused-ring (bicyclic) bond motifs is 16. The van der Waals surface area contributed by atoms with Crippen molar-refractivity contribution in [1.82, 2.24) is 0 Å². The Balaban J connectivity index is 1.16. The second kappa shape index (κ2) is 12.3. The minimum Gasteiger partial charge on any atom is -0.310 e. The van der Waals surface area contributed by atoms with Crippen molar-refractivity contribution in [2.24, 2.45) is 0 Å². The molecule has 0 radical (unpaired) electrons. The summed E-state index contributed by atoms with van der Waals surface area (Å²) in [5, 5.41) is 7.24. The van der Waals surface area contributed by atoms with Crippen LogP contribution in [0.3, 0.4) is 0 Å². The number of rotatable bonds is 4. The lowest BCUT2D eigenvalue weighted by atomic mass is 9.70. The zero-order valence-electron chi connectivity index (χ0n) is 31.3. The Kier molecular flexibility index (Phi) is 6.98. The van der Waals surface area contributed by atoms with E-state index < -0.39 is 5.41 Å². The maximum Gasteiger partial charge on any atom is 0.123 e. The van der Waals surface area contributed by atoms with Crippen molar-refractivity contribution in [2.45, 2.75) is 5.41 Å². The Hall–Kier alpha value is -7.36. The summed E-state index contributed by atoms with van der Waals surface area (Å²) in [7, 11) is 0. The Morgan fingerprint density at radius 2 is 0.845 bits per heavy atom. The molecule has 3 heteroatoms. The molecule has 0 unspecified atom stereocenters. The summed E-state index contributed by atoms with van der Waals surface area (Å²) in [6.07, 6.45) is 0. The molecule has 0 aliphatic heterocycles. The smallest absolute Gasteiger partial charge is 0.123 e. The largest absolute Gasteiger partial charge is 0.310 e. The van der Waals surface area contributed by atoms with Crippen LogP contribution in [-0.2, 0) is 5.41 Å². The molecule has 0 N–H and O–H groups in total. The normalized spacial score (nSPS) is 13.1. The van der Waals surface area contributed by atoms with Crippen LogP contribution in [0.2, 0.25) is 0 Å². The Labute approximate surface area is 334 Å². The first-order chi connectivity index (χ1) is 28.6. The van der Waals surface area contributed by atoms with E-state index in [0.717, 1.165) is 72.7 Å². The molecule has 0 aromatic heterocycles. The van der Waals surface area contributed by atoms with Crippen LogP contribution in [0.5, 0.6) is 0 Å². The number of nitrogens with zero attached hydrogens (tertiary/aromatic N) is 1. The molecule has 0 bridgehead atoms. The van der Waals surface area contributed by atoms with Gasteiger partial charge in [0.2, 0.25) is 0 Å². The van der Waals surface area contributed by atoms with Gasteiger partial charge in [0.05, 0.1) is 11.1 Å². The molecule has 2 aliphatic carbocycles. The van der Waals surface area contributed by atoms with Gasteiger partial charge in [0.15, 0.2) is 0 Å². The van der Waals surface area contributed by atoms with Crippen LogP contribution in [0.1, 0.15) is 22.3 Å². The van der Waals surface area contributed by atoms with Gasteiger partial charge < -0.3 is 4.90 Å². The summed E-state index contributed by atoms with van der Waals surface area (Å²) in [5.74, 6) is -0.630. The molecule has 0 saturated carbocycles. The van der Waals surface area contributed by atoms with Crippen LogP contribution in [0, 0.1) is 11.6 Å². The zero-order chi connectivity index (χ0) is 38.5. The third-order valence-electron chi connectivity index (χ3n) is 12.6. The van der Waals surface area contributed by atoms with Crippen LogP contribution < -0.4 is 4.90 Å². The summed E-state index contributed by atoms with van der Waals surface area (Å²) in [6.45, 7) is 0. The lowest BCUT2D eigenvalue weighted by molar-refractivity contribution is 0.618. The number of benzene rings is 10. The van der Waals surface area contributed by atoms with Gasteiger partial charge in [0.1, 0.15) is 11.6 Å². The third-order valence-corrected chi connectivity index (χ3v) is 12.6. The minimum absolute atomic E-state index is 0.315. The SMILES string of the molecule is Fc1ccc2c(c1)C1(c3cc(F)ccc3-2)c2ccccc2-c2c(N(c3ccc(-c4ccccc4)cc3)c3ccc4c5ccccc5c5ccccc5c4c3)cccc21. The van der Waals surface area contributed by atoms with E-state index in [1.165, 1.54) is 44.5 Å². The van der Waals surface area contributed by atoms with Gasteiger partial charge in [-0.25, -0.2) is 8.78 Å². The second-order valence-electron chi connectivity index (χ2n) is 15.4. The van der Waals surface area contributed by atoms with Crippen LogP contribution in [0.4, 0.5) is 25.8 Å². The van der Waals surface area contributed by atoms with Crippen molar-refractivity contribution >= 4 is 49.4 Å². The monoisotopic (exact) mass is 745 g/mol. The molecule has 0 amide bonds.